The van der Waals surface area contributed by atoms with E-state index in [0.717, 1.165) is 6.08 Å². The Kier molecular flexibility index (Phi) is 2.58. The summed E-state index contributed by atoms with van der Waals surface area (Å²) in [6.07, 6.45) is -3.58. The first-order chi connectivity index (χ1) is 7.48. The molecular weight excluding hydrogens is 217 g/mol. The second-order valence-corrected chi connectivity index (χ2v) is 3.74. The molecule has 1 aromatic rings. The highest BCUT2D eigenvalue weighted by Gasteiger charge is 2.46. The summed E-state index contributed by atoms with van der Waals surface area (Å²) in [6.45, 7) is 0. The van der Waals surface area contributed by atoms with Gasteiger partial charge in [0.2, 0.25) is 0 Å². The number of carbonyl (C=O) groups excluding carboxylic acids is 1. The van der Waals surface area contributed by atoms with E-state index in [0.29, 0.717) is 11.1 Å². The van der Waals surface area contributed by atoms with Gasteiger partial charge in [-0.25, -0.2) is 0 Å². The number of alkyl halides is 3. The molecule has 0 aliphatic heterocycles. The number of rotatable bonds is 1. The summed E-state index contributed by atoms with van der Waals surface area (Å²) >= 11 is 0. The Morgan fingerprint density at radius 2 is 1.75 bits per heavy atom. The molecule has 84 valence electrons. The van der Waals surface area contributed by atoms with Crippen LogP contribution in [0.4, 0.5) is 13.2 Å². The highest BCUT2D eigenvalue weighted by atomic mass is 19.4. The Labute approximate surface area is 90.6 Å². The topological polar surface area (TPSA) is 17.1 Å². The monoisotopic (exact) mass is 226 g/mol. The van der Waals surface area contributed by atoms with E-state index in [1.165, 1.54) is 0 Å². The zero-order valence-corrected chi connectivity index (χ0v) is 8.29. The minimum atomic E-state index is -4.44. The highest BCUT2D eigenvalue weighted by molar-refractivity contribution is 6.03. The van der Waals surface area contributed by atoms with Crippen molar-refractivity contribution < 1.29 is 18.0 Å². The number of allylic oxidation sites excluding steroid dienone is 2. The van der Waals surface area contributed by atoms with Gasteiger partial charge in [0.15, 0.2) is 5.78 Å². The molecule has 0 saturated carbocycles. The summed E-state index contributed by atoms with van der Waals surface area (Å²) in [5, 5.41) is 0. The Hall–Kier alpha value is -1.58. The molecule has 0 bridgehead atoms. The first-order valence-corrected chi connectivity index (χ1v) is 4.85. The molecule has 2 rings (SSSR count). The van der Waals surface area contributed by atoms with Crippen LogP contribution in [0, 0.1) is 5.92 Å². The number of hydrogen-bond donors (Lipinski definition) is 0. The number of benzene rings is 1. The molecule has 16 heavy (non-hydrogen) atoms. The maximum absolute atomic E-state index is 12.4. The molecule has 0 fully saturated rings. The molecule has 0 spiro atoms. The van der Waals surface area contributed by atoms with Gasteiger partial charge in [-0.1, -0.05) is 30.3 Å². The van der Waals surface area contributed by atoms with Gasteiger partial charge in [0.1, 0.15) is 5.92 Å². The van der Waals surface area contributed by atoms with Crippen molar-refractivity contribution in [3.05, 3.63) is 42.0 Å². The average molecular weight is 226 g/mol. The van der Waals surface area contributed by atoms with E-state index in [-0.39, 0.29) is 6.42 Å². The predicted octanol–water partition coefficient (Wildman–Crippen LogP) is 3.22. The summed E-state index contributed by atoms with van der Waals surface area (Å²) < 4.78 is 37.3. The fourth-order valence-electron chi connectivity index (χ4n) is 1.78. The summed E-state index contributed by atoms with van der Waals surface area (Å²) in [5.74, 6) is -2.70. The smallest absolute Gasteiger partial charge is 0.294 e. The van der Waals surface area contributed by atoms with Crippen LogP contribution in [0.3, 0.4) is 0 Å². The quantitative estimate of drug-likeness (QED) is 0.718. The molecular formula is C12H9F3O. The van der Waals surface area contributed by atoms with Crippen LogP contribution in [0.15, 0.2) is 36.4 Å². The van der Waals surface area contributed by atoms with Crippen LogP contribution >= 0.6 is 0 Å². The number of carbonyl (C=O) groups is 1. The van der Waals surface area contributed by atoms with Crippen LogP contribution in [-0.2, 0) is 4.79 Å². The SMILES string of the molecule is O=C1C=C(c2ccccc2)CC1C(F)(F)F. The molecule has 0 saturated heterocycles. The van der Waals surface area contributed by atoms with Gasteiger partial charge >= 0.3 is 6.18 Å². The van der Waals surface area contributed by atoms with Gasteiger partial charge in [-0.05, 0) is 23.6 Å². The van der Waals surface area contributed by atoms with Crippen LogP contribution in [0.25, 0.3) is 5.57 Å². The molecule has 1 unspecified atom stereocenters. The fourth-order valence-corrected chi connectivity index (χ4v) is 1.78. The maximum Gasteiger partial charge on any atom is 0.399 e. The summed E-state index contributed by atoms with van der Waals surface area (Å²) in [4.78, 5) is 11.2. The largest absolute Gasteiger partial charge is 0.399 e. The van der Waals surface area contributed by atoms with Crippen molar-refractivity contribution in [3.63, 3.8) is 0 Å². The second-order valence-electron chi connectivity index (χ2n) is 3.74. The molecule has 1 aromatic carbocycles. The van der Waals surface area contributed by atoms with Crippen molar-refractivity contribution >= 4 is 11.4 Å². The van der Waals surface area contributed by atoms with Crippen molar-refractivity contribution in [1.29, 1.82) is 0 Å². The van der Waals surface area contributed by atoms with E-state index in [1.54, 1.807) is 30.3 Å². The van der Waals surface area contributed by atoms with Crippen molar-refractivity contribution in [1.82, 2.24) is 0 Å². The third-order valence-corrected chi connectivity index (χ3v) is 2.62. The zero-order valence-electron chi connectivity index (χ0n) is 8.29. The first kappa shape index (κ1) is 10.9. The Morgan fingerprint density at radius 1 is 1.12 bits per heavy atom. The third kappa shape index (κ3) is 2.01. The minimum absolute atomic E-state index is 0.244. The van der Waals surface area contributed by atoms with Crippen LogP contribution in [0.5, 0.6) is 0 Å². The van der Waals surface area contributed by atoms with Gasteiger partial charge in [-0.3, -0.25) is 4.79 Å². The van der Waals surface area contributed by atoms with E-state index in [4.69, 9.17) is 0 Å². The Bertz CT molecular complexity index is 431. The maximum atomic E-state index is 12.4. The van der Waals surface area contributed by atoms with Crippen LogP contribution in [0.1, 0.15) is 12.0 Å². The summed E-state index contributed by atoms with van der Waals surface area (Å²) in [5.41, 5.74) is 1.15. The van der Waals surface area contributed by atoms with Gasteiger partial charge in [-0.15, -0.1) is 0 Å². The van der Waals surface area contributed by atoms with Crippen molar-refractivity contribution in [2.24, 2.45) is 5.92 Å². The highest BCUT2D eigenvalue weighted by Crippen LogP contribution is 2.39. The van der Waals surface area contributed by atoms with Crippen LogP contribution in [0.2, 0.25) is 0 Å². The lowest BCUT2D eigenvalue weighted by atomic mass is 10.0. The molecule has 0 amide bonds. The molecule has 1 aliphatic carbocycles. The first-order valence-electron chi connectivity index (χ1n) is 4.85. The Balaban J connectivity index is 2.24. The van der Waals surface area contributed by atoms with E-state index in [1.807, 2.05) is 0 Å². The zero-order chi connectivity index (χ0) is 11.8. The van der Waals surface area contributed by atoms with Crippen LogP contribution in [-0.4, -0.2) is 12.0 Å². The van der Waals surface area contributed by atoms with Gasteiger partial charge < -0.3 is 0 Å². The molecule has 0 heterocycles. The van der Waals surface area contributed by atoms with Gasteiger partial charge in [0.05, 0.1) is 0 Å². The Morgan fingerprint density at radius 3 is 2.25 bits per heavy atom. The number of hydrogen-bond acceptors (Lipinski definition) is 1. The molecule has 1 atom stereocenters. The average Bonchev–Trinajstić information content (AvgIpc) is 2.61. The third-order valence-electron chi connectivity index (χ3n) is 2.62. The van der Waals surface area contributed by atoms with Gasteiger partial charge in [0.25, 0.3) is 0 Å². The predicted molar refractivity (Wildman–Crippen MR) is 53.6 cm³/mol. The lowest BCUT2D eigenvalue weighted by Gasteiger charge is -2.13. The molecule has 1 nitrogen and oxygen atoms in total. The van der Waals surface area contributed by atoms with Crippen molar-refractivity contribution in [3.8, 4) is 0 Å². The van der Waals surface area contributed by atoms with Gasteiger partial charge in [0, 0.05) is 0 Å². The van der Waals surface area contributed by atoms with Crippen molar-refractivity contribution in [2.75, 3.05) is 0 Å². The van der Waals surface area contributed by atoms with Crippen molar-refractivity contribution in [2.45, 2.75) is 12.6 Å². The summed E-state index contributed by atoms with van der Waals surface area (Å²) in [7, 11) is 0. The molecule has 0 N–H and O–H groups in total. The fraction of sp³-hybridized carbons (Fsp3) is 0.250. The molecule has 0 radical (unpaired) electrons. The molecule has 0 aromatic heterocycles. The number of halogens is 3. The summed E-state index contributed by atoms with van der Waals surface area (Å²) in [6, 6.07) is 8.67. The van der Waals surface area contributed by atoms with E-state index >= 15 is 0 Å². The second kappa shape index (κ2) is 3.77. The van der Waals surface area contributed by atoms with E-state index in [9.17, 15) is 18.0 Å². The lowest BCUT2D eigenvalue weighted by molar-refractivity contribution is -0.175. The standard InChI is InChI=1S/C12H9F3O/c13-12(14,15)10-6-9(7-11(10)16)8-4-2-1-3-5-8/h1-5,7,10H,6H2. The number of ketones is 1. The lowest BCUT2D eigenvalue weighted by Crippen LogP contribution is -2.26. The normalized spacial score (nSPS) is 21.1. The van der Waals surface area contributed by atoms with E-state index in [2.05, 4.69) is 0 Å². The van der Waals surface area contributed by atoms with Crippen LogP contribution < -0.4 is 0 Å². The van der Waals surface area contributed by atoms with Gasteiger partial charge in [-0.2, -0.15) is 13.2 Å². The molecule has 4 heteroatoms. The molecule has 1 aliphatic rings. The van der Waals surface area contributed by atoms with E-state index < -0.39 is 17.9 Å². The minimum Gasteiger partial charge on any atom is -0.294 e.